The molecular weight excluding hydrogens is 264 g/mol. The summed E-state index contributed by atoms with van der Waals surface area (Å²) in [5.41, 5.74) is 0.802. The second-order valence-electron chi connectivity index (χ2n) is 4.40. The molecule has 1 unspecified atom stereocenters. The van der Waals surface area contributed by atoms with E-state index in [1.807, 2.05) is 18.2 Å². The zero-order valence-electron chi connectivity index (χ0n) is 10.4. The number of benzene rings is 1. The minimum absolute atomic E-state index is 0.00101. The molecule has 1 fully saturated rings. The van der Waals surface area contributed by atoms with Crippen LogP contribution in [-0.2, 0) is 9.59 Å². The van der Waals surface area contributed by atoms with Gasteiger partial charge in [0.2, 0.25) is 11.8 Å². The minimum Gasteiger partial charge on any atom is -0.354 e. The van der Waals surface area contributed by atoms with E-state index in [2.05, 4.69) is 10.6 Å². The molecule has 1 aliphatic rings. The van der Waals surface area contributed by atoms with E-state index < -0.39 is 0 Å². The van der Waals surface area contributed by atoms with Crippen LogP contribution in [0.5, 0.6) is 0 Å². The van der Waals surface area contributed by atoms with Gasteiger partial charge in [-0.2, -0.15) is 0 Å². The lowest BCUT2D eigenvalue weighted by Crippen LogP contribution is -2.47. The van der Waals surface area contributed by atoms with E-state index in [1.54, 1.807) is 12.1 Å². The lowest BCUT2D eigenvalue weighted by Gasteiger charge is -2.22. The van der Waals surface area contributed by atoms with E-state index in [4.69, 9.17) is 11.6 Å². The molecule has 2 amide bonds. The van der Waals surface area contributed by atoms with Crippen molar-refractivity contribution in [2.24, 2.45) is 0 Å². The van der Waals surface area contributed by atoms with Crippen molar-refractivity contribution < 1.29 is 9.59 Å². The predicted molar refractivity (Wildman–Crippen MR) is 74.7 cm³/mol. The smallest absolute Gasteiger partial charge is 0.244 e. The van der Waals surface area contributed by atoms with E-state index in [1.165, 1.54) is 6.08 Å². The van der Waals surface area contributed by atoms with Gasteiger partial charge in [-0.3, -0.25) is 9.59 Å². The van der Waals surface area contributed by atoms with Gasteiger partial charge in [0.15, 0.2) is 0 Å². The number of nitrogens with one attached hydrogen (secondary N) is 2. The molecule has 1 aromatic carbocycles. The largest absolute Gasteiger partial charge is 0.354 e. The first-order chi connectivity index (χ1) is 9.15. The summed E-state index contributed by atoms with van der Waals surface area (Å²) in [4.78, 5) is 22.7. The second kappa shape index (κ2) is 6.38. The van der Waals surface area contributed by atoms with Crippen molar-refractivity contribution in [2.45, 2.75) is 18.9 Å². The van der Waals surface area contributed by atoms with Crippen LogP contribution in [0.3, 0.4) is 0 Å². The number of rotatable bonds is 3. The third-order valence-electron chi connectivity index (χ3n) is 2.93. The molecule has 0 bridgehead atoms. The van der Waals surface area contributed by atoms with E-state index in [0.29, 0.717) is 24.4 Å². The molecule has 1 atom stereocenters. The molecule has 0 aromatic heterocycles. The summed E-state index contributed by atoms with van der Waals surface area (Å²) in [6.45, 7) is 0.491. The lowest BCUT2D eigenvalue weighted by molar-refractivity contribution is -0.124. The van der Waals surface area contributed by atoms with Crippen LogP contribution in [0.4, 0.5) is 0 Å². The summed E-state index contributed by atoms with van der Waals surface area (Å²) in [6.07, 6.45) is 4.27. The van der Waals surface area contributed by atoms with Gasteiger partial charge in [0.1, 0.15) is 0 Å². The number of hydrogen-bond acceptors (Lipinski definition) is 2. The standard InChI is InChI=1S/C14H15ClN2O2/c15-12-4-2-1-3-10(12)5-7-14(19)17-11-6-8-13(18)16-9-11/h1-5,7,11H,6,8-9H2,(H,16,18)(H,17,19). The molecule has 0 spiro atoms. The maximum atomic E-state index is 11.7. The van der Waals surface area contributed by atoms with Gasteiger partial charge in [0.05, 0.1) is 0 Å². The molecule has 1 heterocycles. The zero-order chi connectivity index (χ0) is 13.7. The molecule has 19 heavy (non-hydrogen) atoms. The fourth-order valence-electron chi connectivity index (χ4n) is 1.88. The van der Waals surface area contributed by atoms with E-state index in [0.717, 1.165) is 5.56 Å². The Morgan fingerprint density at radius 2 is 2.21 bits per heavy atom. The molecule has 4 nitrogen and oxygen atoms in total. The summed E-state index contributed by atoms with van der Waals surface area (Å²) in [5.74, 6) is -0.141. The highest BCUT2D eigenvalue weighted by Gasteiger charge is 2.18. The Morgan fingerprint density at radius 3 is 2.89 bits per heavy atom. The van der Waals surface area contributed by atoms with Gasteiger partial charge in [-0.1, -0.05) is 29.8 Å². The van der Waals surface area contributed by atoms with Gasteiger partial charge < -0.3 is 10.6 Å². The average molecular weight is 279 g/mol. The fraction of sp³-hybridized carbons (Fsp3) is 0.286. The van der Waals surface area contributed by atoms with Gasteiger partial charge in [-0.15, -0.1) is 0 Å². The first-order valence-electron chi connectivity index (χ1n) is 6.15. The highest BCUT2D eigenvalue weighted by molar-refractivity contribution is 6.32. The molecule has 1 aliphatic heterocycles. The Bertz CT molecular complexity index is 504. The Balaban J connectivity index is 1.87. The van der Waals surface area contributed by atoms with Gasteiger partial charge in [0, 0.05) is 30.1 Å². The molecule has 2 N–H and O–H groups in total. The Labute approximate surface area is 116 Å². The van der Waals surface area contributed by atoms with E-state index in [-0.39, 0.29) is 17.9 Å². The average Bonchev–Trinajstić information content (AvgIpc) is 2.40. The van der Waals surface area contributed by atoms with Gasteiger partial charge in [0.25, 0.3) is 0 Å². The molecule has 5 heteroatoms. The van der Waals surface area contributed by atoms with Crippen LogP contribution in [-0.4, -0.2) is 24.4 Å². The van der Waals surface area contributed by atoms with Gasteiger partial charge in [-0.05, 0) is 24.1 Å². The highest BCUT2D eigenvalue weighted by atomic mass is 35.5. The Hall–Kier alpha value is -1.81. The van der Waals surface area contributed by atoms with Crippen molar-refractivity contribution in [1.82, 2.24) is 10.6 Å². The van der Waals surface area contributed by atoms with Crippen molar-refractivity contribution in [1.29, 1.82) is 0 Å². The van der Waals surface area contributed by atoms with Crippen LogP contribution in [0, 0.1) is 0 Å². The summed E-state index contributed by atoms with van der Waals surface area (Å²) >= 11 is 5.99. The molecule has 0 radical (unpaired) electrons. The number of amides is 2. The van der Waals surface area contributed by atoms with Crippen molar-refractivity contribution in [3.05, 3.63) is 40.9 Å². The van der Waals surface area contributed by atoms with Crippen LogP contribution in [0.25, 0.3) is 6.08 Å². The van der Waals surface area contributed by atoms with Crippen LogP contribution in [0.2, 0.25) is 5.02 Å². The predicted octanol–water partition coefficient (Wildman–Crippen LogP) is 1.75. The first-order valence-corrected chi connectivity index (χ1v) is 6.53. The first kappa shape index (κ1) is 13.6. The summed E-state index contributed by atoms with van der Waals surface area (Å²) < 4.78 is 0. The number of hydrogen-bond donors (Lipinski definition) is 2. The third-order valence-corrected chi connectivity index (χ3v) is 3.28. The maximum absolute atomic E-state index is 11.7. The molecule has 1 aromatic rings. The Kier molecular flexibility index (Phi) is 4.58. The number of carbonyl (C=O) groups is 2. The van der Waals surface area contributed by atoms with Gasteiger partial charge in [-0.25, -0.2) is 0 Å². The van der Waals surface area contributed by atoms with Crippen LogP contribution in [0.1, 0.15) is 18.4 Å². The normalized spacial score (nSPS) is 19.2. The quantitative estimate of drug-likeness (QED) is 0.828. The van der Waals surface area contributed by atoms with Crippen molar-refractivity contribution in [3.8, 4) is 0 Å². The number of carbonyl (C=O) groups excluding carboxylic acids is 2. The summed E-state index contributed by atoms with van der Waals surface area (Å²) in [7, 11) is 0. The third kappa shape index (κ3) is 4.10. The molecule has 1 saturated heterocycles. The van der Waals surface area contributed by atoms with Crippen LogP contribution >= 0.6 is 11.6 Å². The highest BCUT2D eigenvalue weighted by Crippen LogP contribution is 2.16. The number of halogens is 1. The second-order valence-corrected chi connectivity index (χ2v) is 4.81. The van der Waals surface area contributed by atoms with Crippen molar-refractivity contribution in [2.75, 3.05) is 6.54 Å². The number of piperidine rings is 1. The zero-order valence-corrected chi connectivity index (χ0v) is 11.1. The minimum atomic E-state index is -0.180. The topological polar surface area (TPSA) is 58.2 Å². The van der Waals surface area contributed by atoms with E-state index >= 15 is 0 Å². The van der Waals surface area contributed by atoms with Crippen LogP contribution < -0.4 is 10.6 Å². The lowest BCUT2D eigenvalue weighted by atomic mass is 10.1. The molecule has 0 saturated carbocycles. The summed E-state index contributed by atoms with van der Waals surface area (Å²) in [6, 6.07) is 7.31. The maximum Gasteiger partial charge on any atom is 0.244 e. The molecule has 100 valence electrons. The van der Waals surface area contributed by atoms with Crippen molar-refractivity contribution >= 4 is 29.5 Å². The molecule has 0 aliphatic carbocycles. The SMILES string of the molecule is O=C(C=Cc1ccccc1Cl)NC1CCC(=O)NC1. The molecule has 2 rings (SSSR count). The van der Waals surface area contributed by atoms with Crippen molar-refractivity contribution in [3.63, 3.8) is 0 Å². The fourth-order valence-corrected chi connectivity index (χ4v) is 2.08. The van der Waals surface area contributed by atoms with Crippen LogP contribution in [0.15, 0.2) is 30.3 Å². The molecular formula is C14H15ClN2O2. The monoisotopic (exact) mass is 278 g/mol. The Morgan fingerprint density at radius 1 is 1.42 bits per heavy atom. The van der Waals surface area contributed by atoms with Gasteiger partial charge >= 0.3 is 0 Å². The summed E-state index contributed by atoms with van der Waals surface area (Å²) in [5, 5.41) is 6.17. The van der Waals surface area contributed by atoms with E-state index in [9.17, 15) is 9.59 Å².